The number of benzene rings is 1. The van der Waals surface area contributed by atoms with Crippen molar-refractivity contribution in [2.75, 3.05) is 13.2 Å². The van der Waals surface area contributed by atoms with Crippen LogP contribution in [0, 0.1) is 5.92 Å². The standard InChI is InChI=1S/C22H26N2O4S/c1-14-8-9-19-15(11-14)12-20(29-19)22(26)24-23-21(25)17-6-2-3-7-18(17)28-13-16-5-4-10-27-16/h2-3,6-7,12,14,16H,4-5,8-11,13H2,1H3,(H,23,25)(H,24,26). The van der Waals surface area contributed by atoms with E-state index in [-0.39, 0.29) is 12.0 Å². The largest absolute Gasteiger partial charge is 0.490 e. The van der Waals surface area contributed by atoms with E-state index in [0.717, 1.165) is 38.7 Å². The zero-order valence-corrected chi connectivity index (χ0v) is 17.3. The first-order chi connectivity index (χ1) is 14.1. The molecule has 2 N–H and O–H groups in total. The van der Waals surface area contributed by atoms with Gasteiger partial charge in [-0.15, -0.1) is 11.3 Å². The zero-order chi connectivity index (χ0) is 20.2. The van der Waals surface area contributed by atoms with E-state index in [2.05, 4.69) is 17.8 Å². The summed E-state index contributed by atoms with van der Waals surface area (Å²) < 4.78 is 11.4. The minimum atomic E-state index is -0.406. The number of para-hydroxylation sites is 1. The molecular formula is C22H26N2O4S. The molecule has 0 spiro atoms. The summed E-state index contributed by atoms with van der Waals surface area (Å²) in [5.74, 6) is 0.438. The third kappa shape index (κ3) is 4.79. The van der Waals surface area contributed by atoms with Crippen LogP contribution >= 0.6 is 11.3 Å². The maximum absolute atomic E-state index is 12.6. The Morgan fingerprint density at radius 3 is 2.86 bits per heavy atom. The van der Waals surface area contributed by atoms with Gasteiger partial charge in [-0.3, -0.25) is 20.4 Å². The number of nitrogens with one attached hydrogen (secondary N) is 2. The van der Waals surface area contributed by atoms with Crippen molar-refractivity contribution in [1.82, 2.24) is 10.9 Å². The van der Waals surface area contributed by atoms with Crippen LogP contribution < -0.4 is 15.6 Å². The predicted octanol–water partition coefficient (Wildman–Crippen LogP) is 3.51. The first kappa shape index (κ1) is 19.9. The van der Waals surface area contributed by atoms with E-state index in [1.165, 1.54) is 21.8 Å². The summed E-state index contributed by atoms with van der Waals surface area (Å²) in [4.78, 5) is 27.0. The average Bonchev–Trinajstić information content (AvgIpc) is 3.39. The third-order valence-corrected chi connectivity index (χ3v) is 6.66. The summed E-state index contributed by atoms with van der Waals surface area (Å²) in [6.07, 6.45) is 5.27. The second-order valence-electron chi connectivity index (χ2n) is 7.76. The first-order valence-corrected chi connectivity index (χ1v) is 11.0. The molecule has 2 aliphatic rings. The van der Waals surface area contributed by atoms with Crippen LogP contribution in [0.5, 0.6) is 5.75 Å². The van der Waals surface area contributed by atoms with E-state index < -0.39 is 5.91 Å². The molecule has 1 aromatic heterocycles. The van der Waals surface area contributed by atoms with Gasteiger partial charge < -0.3 is 9.47 Å². The summed E-state index contributed by atoms with van der Waals surface area (Å²) in [7, 11) is 0. The number of thiophene rings is 1. The van der Waals surface area contributed by atoms with Gasteiger partial charge in [0.25, 0.3) is 11.8 Å². The van der Waals surface area contributed by atoms with Crippen LogP contribution in [0.1, 0.15) is 56.7 Å². The smallest absolute Gasteiger partial charge is 0.279 e. The van der Waals surface area contributed by atoms with Crippen molar-refractivity contribution in [2.45, 2.75) is 45.1 Å². The van der Waals surface area contributed by atoms with Gasteiger partial charge in [-0.1, -0.05) is 19.1 Å². The quantitative estimate of drug-likeness (QED) is 0.734. The van der Waals surface area contributed by atoms with Crippen molar-refractivity contribution in [3.63, 3.8) is 0 Å². The van der Waals surface area contributed by atoms with Gasteiger partial charge in [-0.05, 0) is 61.8 Å². The van der Waals surface area contributed by atoms with Crippen LogP contribution in [0.3, 0.4) is 0 Å². The number of carbonyl (C=O) groups excluding carboxylic acids is 2. The van der Waals surface area contributed by atoms with Gasteiger partial charge in [-0.25, -0.2) is 0 Å². The molecule has 0 bridgehead atoms. The van der Waals surface area contributed by atoms with Crippen molar-refractivity contribution in [3.8, 4) is 5.75 Å². The van der Waals surface area contributed by atoms with Gasteiger partial charge in [0.1, 0.15) is 12.4 Å². The maximum atomic E-state index is 12.6. The van der Waals surface area contributed by atoms with Gasteiger partial charge in [0.05, 0.1) is 16.5 Å². The Kier molecular flexibility index (Phi) is 6.16. The number of amides is 2. The van der Waals surface area contributed by atoms with E-state index in [1.807, 2.05) is 12.1 Å². The molecule has 1 fully saturated rings. The molecule has 1 saturated heterocycles. The lowest BCUT2D eigenvalue weighted by atomic mass is 9.90. The van der Waals surface area contributed by atoms with E-state index >= 15 is 0 Å². The molecule has 2 heterocycles. The van der Waals surface area contributed by atoms with Gasteiger partial charge in [0.15, 0.2) is 0 Å². The number of ether oxygens (including phenoxy) is 2. The Balaban J connectivity index is 1.35. The highest BCUT2D eigenvalue weighted by Gasteiger charge is 2.22. The minimum absolute atomic E-state index is 0.0680. The van der Waals surface area contributed by atoms with Gasteiger partial charge in [0, 0.05) is 11.5 Å². The Morgan fingerprint density at radius 2 is 2.03 bits per heavy atom. The average molecular weight is 415 g/mol. The summed E-state index contributed by atoms with van der Waals surface area (Å²) in [6, 6.07) is 8.97. The van der Waals surface area contributed by atoms with E-state index in [0.29, 0.717) is 28.7 Å². The summed E-state index contributed by atoms with van der Waals surface area (Å²) >= 11 is 1.52. The molecule has 2 atom stereocenters. The fourth-order valence-electron chi connectivity index (χ4n) is 3.80. The Bertz CT molecular complexity index is 889. The van der Waals surface area contributed by atoms with Crippen molar-refractivity contribution in [2.24, 2.45) is 5.92 Å². The Hall–Kier alpha value is -2.38. The predicted molar refractivity (Wildman–Crippen MR) is 111 cm³/mol. The molecule has 6 nitrogen and oxygen atoms in total. The normalized spacial score (nSPS) is 20.7. The minimum Gasteiger partial charge on any atom is -0.490 e. The van der Waals surface area contributed by atoms with Gasteiger partial charge in [0.2, 0.25) is 0 Å². The number of hydrogen-bond donors (Lipinski definition) is 2. The molecule has 7 heteroatoms. The molecule has 1 aliphatic carbocycles. The highest BCUT2D eigenvalue weighted by molar-refractivity contribution is 7.14. The highest BCUT2D eigenvalue weighted by Crippen LogP contribution is 2.32. The molecule has 4 rings (SSSR count). The van der Waals surface area contributed by atoms with E-state index in [1.54, 1.807) is 18.2 Å². The lowest BCUT2D eigenvalue weighted by Crippen LogP contribution is -2.41. The lowest BCUT2D eigenvalue weighted by molar-refractivity contribution is 0.0669. The monoisotopic (exact) mass is 414 g/mol. The Labute approximate surface area is 174 Å². The molecule has 154 valence electrons. The topological polar surface area (TPSA) is 76.7 Å². The fourth-order valence-corrected chi connectivity index (χ4v) is 4.90. The van der Waals surface area contributed by atoms with Gasteiger partial charge in [-0.2, -0.15) is 0 Å². The van der Waals surface area contributed by atoms with Crippen LogP contribution in [0.2, 0.25) is 0 Å². The number of hydrazine groups is 1. The van der Waals surface area contributed by atoms with Crippen LogP contribution in [0.4, 0.5) is 0 Å². The van der Waals surface area contributed by atoms with Crippen molar-refractivity contribution in [1.29, 1.82) is 0 Å². The molecule has 1 aliphatic heterocycles. The number of hydrogen-bond acceptors (Lipinski definition) is 5. The molecule has 1 aromatic carbocycles. The molecule has 2 unspecified atom stereocenters. The Morgan fingerprint density at radius 1 is 1.21 bits per heavy atom. The number of fused-ring (bicyclic) bond motifs is 1. The SMILES string of the molecule is CC1CCc2sc(C(=O)NNC(=O)c3ccccc3OCC3CCCO3)cc2C1. The molecule has 2 aromatic rings. The number of carbonyl (C=O) groups is 2. The lowest BCUT2D eigenvalue weighted by Gasteiger charge is -2.16. The molecule has 29 heavy (non-hydrogen) atoms. The number of rotatable bonds is 5. The summed E-state index contributed by atoms with van der Waals surface area (Å²) in [5.41, 5.74) is 6.69. The highest BCUT2D eigenvalue weighted by atomic mass is 32.1. The van der Waals surface area contributed by atoms with Crippen molar-refractivity contribution < 1.29 is 19.1 Å². The van der Waals surface area contributed by atoms with E-state index in [4.69, 9.17) is 9.47 Å². The van der Waals surface area contributed by atoms with E-state index in [9.17, 15) is 9.59 Å². The first-order valence-electron chi connectivity index (χ1n) is 10.2. The molecular weight excluding hydrogens is 388 g/mol. The second-order valence-corrected chi connectivity index (χ2v) is 8.89. The third-order valence-electron chi connectivity index (χ3n) is 5.42. The fraction of sp³-hybridized carbons (Fsp3) is 0.455. The van der Waals surface area contributed by atoms with Crippen LogP contribution in [-0.4, -0.2) is 31.1 Å². The number of aryl methyl sites for hydroxylation is 1. The van der Waals surface area contributed by atoms with Gasteiger partial charge >= 0.3 is 0 Å². The van der Waals surface area contributed by atoms with Crippen LogP contribution in [0.25, 0.3) is 0 Å². The van der Waals surface area contributed by atoms with Crippen molar-refractivity contribution >= 4 is 23.2 Å². The summed E-state index contributed by atoms with van der Waals surface area (Å²) in [6.45, 7) is 3.40. The molecule has 0 radical (unpaired) electrons. The molecule has 0 saturated carbocycles. The summed E-state index contributed by atoms with van der Waals surface area (Å²) in [5, 5.41) is 0. The maximum Gasteiger partial charge on any atom is 0.279 e. The second kappa shape index (κ2) is 8.97. The van der Waals surface area contributed by atoms with Crippen molar-refractivity contribution in [3.05, 3.63) is 51.2 Å². The van der Waals surface area contributed by atoms with Crippen LogP contribution in [0.15, 0.2) is 30.3 Å². The van der Waals surface area contributed by atoms with Crippen LogP contribution in [-0.2, 0) is 17.6 Å². The zero-order valence-electron chi connectivity index (χ0n) is 16.5. The molecule has 2 amide bonds.